The van der Waals surface area contributed by atoms with Gasteiger partial charge in [0.15, 0.2) is 11.5 Å². The lowest BCUT2D eigenvalue weighted by Gasteiger charge is -2.11. The Morgan fingerprint density at radius 3 is 2.36 bits per heavy atom. The molecule has 3 aromatic rings. The fraction of sp³-hybridized carbons (Fsp3) is 0.136. The van der Waals surface area contributed by atoms with Crippen LogP contribution in [0.25, 0.3) is 0 Å². The number of nitrogens with one attached hydrogen (secondary N) is 1. The first kappa shape index (κ1) is 23.5. The van der Waals surface area contributed by atoms with E-state index in [4.69, 9.17) is 13.7 Å². The molecule has 0 heterocycles. The molecule has 0 atom stereocenters. The number of rotatable bonds is 10. The van der Waals surface area contributed by atoms with Crippen molar-refractivity contribution in [3.63, 3.8) is 0 Å². The molecule has 0 bridgehead atoms. The number of carbonyl (C=O) groups is 1. The van der Waals surface area contributed by atoms with E-state index in [1.54, 1.807) is 18.2 Å². The van der Waals surface area contributed by atoms with Crippen molar-refractivity contribution in [1.29, 1.82) is 0 Å². The first-order valence-electron chi connectivity index (χ1n) is 9.63. The molecule has 0 aromatic heterocycles. The summed E-state index contributed by atoms with van der Waals surface area (Å²) < 4.78 is 40.6. The maximum atomic E-state index is 12.4. The van der Waals surface area contributed by atoms with Gasteiger partial charge >= 0.3 is 10.1 Å². The quantitative estimate of drug-likeness (QED) is 0.206. The van der Waals surface area contributed by atoms with E-state index >= 15 is 0 Å². The normalized spacial score (nSPS) is 10.8. The number of benzene rings is 3. The summed E-state index contributed by atoms with van der Waals surface area (Å²) in [6.45, 7) is 0.449. The van der Waals surface area contributed by atoms with Crippen LogP contribution < -0.4 is 19.0 Å². The van der Waals surface area contributed by atoms with Crippen LogP contribution >= 0.6 is 0 Å². The molecule has 1 amide bonds. The zero-order valence-electron chi connectivity index (χ0n) is 17.5. The number of nitro groups is 1. The summed E-state index contributed by atoms with van der Waals surface area (Å²) in [4.78, 5) is 22.1. The van der Waals surface area contributed by atoms with Crippen molar-refractivity contribution in [3.05, 3.63) is 88.5 Å². The van der Waals surface area contributed by atoms with Crippen LogP contribution in [0.5, 0.6) is 17.2 Å². The number of nitrogens with zero attached hydrogens (tertiary/aromatic N) is 1. The van der Waals surface area contributed by atoms with Crippen LogP contribution in [0.1, 0.15) is 10.4 Å². The van der Waals surface area contributed by atoms with Gasteiger partial charge in [0.1, 0.15) is 17.3 Å². The molecule has 33 heavy (non-hydrogen) atoms. The van der Waals surface area contributed by atoms with E-state index in [-0.39, 0.29) is 41.0 Å². The number of amides is 1. The molecular weight excluding hydrogens is 452 g/mol. The van der Waals surface area contributed by atoms with Crippen LogP contribution in [-0.4, -0.2) is 39.5 Å². The minimum Gasteiger partial charge on any atom is -0.493 e. The van der Waals surface area contributed by atoms with E-state index in [0.717, 1.165) is 6.07 Å². The highest BCUT2D eigenvalue weighted by Crippen LogP contribution is 2.25. The van der Waals surface area contributed by atoms with Crippen LogP contribution in [0.4, 0.5) is 5.69 Å². The Balaban J connectivity index is 1.55. The third-order valence-corrected chi connectivity index (χ3v) is 5.60. The van der Waals surface area contributed by atoms with Crippen molar-refractivity contribution >= 4 is 21.7 Å². The molecule has 10 nitrogen and oxygen atoms in total. The average molecular weight is 472 g/mol. The fourth-order valence-electron chi connectivity index (χ4n) is 2.75. The summed E-state index contributed by atoms with van der Waals surface area (Å²) in [5.41, 5.74) is -0.0891. The number of non-ortho nitro benzene ring substituents is 1. The van der Waals surface area contributed by atoms with Crippen molar-refractivity contribution in [2.75, 3.05) is 20.3 Å². The average Bonchev–Trinajstić information content (AvgIpc) is 2.82. The van der Waals surface area contributed by atoms with Gasteiger partial charge in [0.05, 0.1) is 18.6 Å². The number of para-hydroxylation sites is 2. The van der Waals surface area contributed by atoms with Crippen LogP contribution in [0, 0.1) is 10.1 Å². The second-order valence-corrected chi connectivity index (χ2v) is 8.12. The molecule has 0 saturated carbocycles. The van der Waals surface area contributed by atoms with Gasteiger partial charge in [0.2, 0.25) is 0 Å². The van der Waals surface area contributed by atoms with Gasteiger partial charge in [-0.05, 0) is 42.5 Å². The van der Waals surface area contributed by atoms with E-state index in [1.165, 1.54) is 49.6 Å². The highest BCUT2D eigenvalue weighted by atomic mass is 32.2. The summed E-state index contributed by atoms with van der Waals surface area (Å²) in [6.07, 6.45) is 0. The zero-order chi connectivity index (χ0) is 23.8. The van der Waals surface area contributed by atoms with Gasteiger partial charge in [-0.3, -0.25) is 14.9 Å². The first-order valence-corrected chi connectivity index (χ1v) is 11.0. The highest BCUT2D eigenvalue weighted by Gasteiger charge is 2.20. The molecule has 0 aliphatic rings. The van der Waals surface area contributed by atoms with Gasteiger partial charge in [-0.25, -0.2) is 0 Å². The van der Waals surface area contributed by atoms with Gasteiger partial charge in [-0.2, -0.15) is 8.42 Å². The summed E-state index contributed by atoms with van der Waals surface area (Å²) in [7, 11) is -2.75. The molecule has 1 N–H and O–H groups in total. The molecule has 0 fully saturated rings. The Morgan fingerprint density at radius 1 is 1.00 bits per heavy atom. The summed E-state index contributed by atoms with van der Waals surface area (Å²) >= 11 is 0. The molecule has 0 saturated heterocycles. The first-order chi connectivity index (χ1) is 15.8. The summed E-state index contributed by atoms with van der Waals surface area (Å²) in [5.74, 6) is 0.712. The Morgan fingerprint density at radius 2 is 1.70 bits per heavy atom. The Hall–Kier alpha value is -4.12. The molecule has 0 radical (unpaired) electrons. The Bertz CT molecular complexity index is 1240. The molecule has 3 rings (SSSR count). The fourth-order valence-corrected chi connectivity index (χ4v) is 3.73. The lowest BCUT2D eigenvalue weighted by Crippen LogP contribution is -2.28. The number of hydrogen-bond donors (Lipinski definition) is 1. The minimum atomic E-state index is -4.28. The van der Waals surface area contributed by atoms with Crippen molar-refractivity contribution in [2.45, 2.75) is 4.90 Å². The third kappa shape index (κ3) is 6.20. The predicted molar refractivity (Wildman–Crippen MR) is 118 cm³/mol. The molecular formula is C22H20N2O8S. The lowest BCUT2D eigenvalue weighted by atomic mass is 10.2. The van der Waals surface area contributed by atoms with Crippen molar-refractivity contribution in [1.82, 2.24) is 5.32 Å². The molecule has 0 aliphatic carbocycles. The van der Waals surface area contributed by atoms with Gasteiger partial charge < -0.3 is 19.0 Å². The second kappa shape index (κ2) is 10.5. The Labute approximate surface area is 190 Å². The molecule has 0 spiro atoms. The van der Waals surface area contributed by atoms with Crippen molar-refractivity contribution < 1.29 is 31.8 Å². The smallest absolute Gasteiger partial charge is 0.339 e. The van der Waals surface area contributed by atoms with Crippen LogP contribution in [0.2, 0.25) is 0 Å². The minimum absolute atomic E-state index is 0.0439. The van der Waals surface area contributed by atoms with Gasteiger partial charge in [0, 0.05) is 17.7 Å². The Kier molecular flexibility index (Phi) is 7.46. The molecule has 0 aliphatic heterocycles. The summed E-state index contributed by atoms with van der Waals surface area (Å²) in [5, 5.41) is 13.5. The lowest BCUT2D eigenvalue weighted by molar-refractivity contribution is -0.385. The predicted octanol–water partition coefficient (Wildman–Crippen LogP) is 3.18. The van der Waals surface area contributed by atoms with E-state index in [9.17, 15) is 23.3 Å². The maximum Gasteiger partial charge on any atom is 0.339 e. The molecule has 0 unspecified atom stereocenters. The molecule has 3 aromatic carbocycles. The van der Waals surface area contributed by atoms with Crippen LogP contribution in [0.3, 0.4) is 0 Å². The molecule has 172 valence electrons. The van der Waals surface area contributed by atoms with Crippen LogP contribution in [-0.2, 0) is 10.1 Å². The van der Waals surface area contributed by atoms with E-state index in [0.29, 0.717) is 11.5 Å². The van der Waals surface area contributed by atoms with E-state index in [2.05, 4.69) is 5.32 Å². The highest BCUT2D eigenvalue weighted by molar-refractivity contribution is 7.87. The second-order valence-electron chi connectivity index (χ2n) is 6.57. The number of methoxy groups -OCH3 is 1. The zero-order valence-corrected chi connectivity index (χ0v) is 18.3. The van der Waals surface area contributed by atoms with Crippen LogP contribution in [0.15, 0.2) is 77.7 Å². The number of nitro benzene ring substituents is 1. The van der Waals surface area contributed by atoms with Crippen molar-refractivity contribution in [3.8, 4) is 17.2 Å². The van der Waals surface area contributed by atoms with Gasteiger partial charge in [0.25, 0.3) is 11.6 Å². The monoisotopic (exact) mass is 472 g/mol. The van der Waals surface area contributed by atoms with Gasteiger partial charge in [-0.1, -0.05) is 18.2 Å². The molecule has 11 heteroatoms. The van der Waals surface area contributed by atoms with E-state index < -0.39 is 15.0 Å². The van der Waals surface area contributed by atoms with Crippen molar-refractivity contribution in [2.24, 2.45) is 0 Å². The summed E-state index contributed by atoms with van der Waals surface area (Å²) in [6, 6.07) is 17.1. The number of carbonyl (C=O) groups excluding carboxylic acids is 1. The number of ether oxygens (including phenoxy) is 2. The maximum absolute atomic E-state index is 12.4. The topological polar surface area (TPSA) is 134 Å². The number of hydrogen-bond acceptors (Lipinski definition) is 8. The SMILES string of the molecule is COc1ccccc1OCCNC(=O)c1ccc(OS(=O)(=O)c2cccc([N+](=O)[O-])c2)cc1. The largest absolute Gasteiger partial charge is 0.493 e. The third-order valence-electron chi connectivity index (χ3n) is 4.35. The standard InChI is InChI=1S/C22H20N2O8S/c1-30-20-7-2-3-8-21(20)31-14-13-23-22(25)16-9-11-18(12-10-16)32-33(28,29)19-6-4-5-17(15-19)24(26)27/h2-12,15H,13-14H2,1H3,(H,23,25). The van der Waals surface area contributed by atoms with Gasteiger partial charge in [-0.15, -0.1) is 0 Å². The van der Waals surface area contributed by atoms with E-state index in [1.807, 2.05) is 6.07 Å².